The number of carbonyl (C=O) groups excluding carboxylic acids is 1. The summed E-state index contributed by atoms with van der Waals surface area (Å²) in [6, 6.07) is 7.28. The van der Waals surface area contributed by atoms with E-state index in [-0.39, 0.29) is 5.75 Å². The van der Waals surface area contributed by atoms with Crippen LogP contribution in [0.4, 0.5) is 4.39 Å². The van der Waals surface area contributed by atoms with Crippen LogP contribution in [0.5, 0.6) is 5.75 Å². The molecule has 0 aliphatic carbocycles. The highest BCUT2D eigenvalue weighted by Gasteiger charge is 2.65. The number of nitrogens with zero attached hydrogens (tertiary/aromatic N) is 1. The third kappa shape index (κ3) is 6.81. The number of benzene rings is 1. The summed E-state index contributed by atoms with van der Waals surface area (Å²) in [6.07, 6.45) is -3.19. The van der Waals surface area contributed by atoms with Crippen LogP contribution in [0.3, 0.4) is 0 Å². The summed E-state index contributed by atoms with van der Waals surface area (Å²) in [7, 11) is -4.60. The van der Waals surface area contributed by atoms with Crippen molar-refractivity contribution in [2.24, 2.45) is 0 Å². The molecule has 2 heterocycles. The van der Waals surface area contributed by atoms with Crippen LogP contribution in [0, 0.1) is 0 Å². The van der Waals surface area contributed by atoms with Crippen molar-refractivity contribution in [3.8, 4) is 5.75 Å². The third-order valence-corrected chi connectivity index (χ3v) is 7.07. The minimum atomic E-state index is -4.60. The van der Waals surface area contributed by atoms with E-state index in [9.17, 15) is 29.2 Å². The van der Waals surface area contributed by atoms with E-state index in [1.807, 2.05) is 4.98 Å². The van der Waals surface area contributed by atoms with Gasteiger partial charge in [0.15, 0.2) is 17.9 Å². The number of aromatic amines is 1. The van der Waals surface area contributed by atoms with E-state index in [2.05, 4.69) is 17.4 Å². The Hall–Kier alpha value is -3.35. The predicted octanol–water partition coefficient (Wildman–Crippen LogP) is 1.30. The van der Waals surface area contributed by atoms with Gasteiger partial charge in [0.25, 0.3) is 11.4 Å². The standard InChI is InChI=1S/C24H29FN3O10P/c1-5-12-23(33)20(31)24(25,37-21(23)28-13-11-18(29)26-22(28)32)14-35-39(34,38-17-9-7-6-8-10-17)27-16(4)19(30)36-15(2)3/h6-13,15-16,20-21,31,33H,1,14H2,2-4H3,(H,27,34)(H,26,29,32)/t16?,20-,21+,23+,24+,39-/m0/s1. The number of aliphatic hydroxyl groups excluding tert-OH is 1. The fourth-order valence-electron chi connectivity index (χ4n) is 3.65. The zero-order valence-electron chi connectivity index (χ0n) is 21.3. The highest BCUT2D eigenvalue weighted by molar-refractivity contribution is 7.52. The summed E-state index contributed by atoms with van der Waals surface area (Å²) < 4.78 is 51.4. The second kappa shape index (κ2) is 11.8. The number of alkyl halides is 1. The fourth-order valence-corrected chi connectivity index (χ4v) is 5.16. The largest absolute Gasteiger partial charge is 0.462 e. The van der Waals surface area contributed by atoms with E-state index in [0.717, 1.165) is 18.3 Å². The minimum Gasteiger partial charge on any atom is -0.462 e. The molecule has 1 saturated heterocycles. The number of para-hydroxylation sites is 1. The van der Waals surface area contributed by atoms with Crippen molar-refractivity contribution >= 4 is 13.7 Å². The van der Waals surface area contributed by atoms with Crippen LogP contribution < -0.4 is 20.9 Å². The molecule has 1 aliphatic rings. The number of halogens is 1. The third-order valence-electron chi connectivity index (χ3n) is 5.44. The monoisotopic (exact) mass is 569 g/mol. The molecule has 0 bridgehead atoms. The SMILES string of the molecule is C=C=C[C@]1(O)[C@H](n2ccc(=O)[nH]c2=O)O[C@](F)(CO[P@@](=O)(NC(C)C(=O)OC(C)C)Oc2ccccc2)[C@H]1O. The Kier molecular flexibility index (Phi) is 9.14. The molecular formula is C24H29FN3O10P. The Labute approximate surface area is 222 Å². The van der Waals surface area contributed by atoms with E-state index in [1.165, 1.54) is 19.1 Å². The van der Waals surface area contributed by atoms with Gasteiger partial charge in [-0.15, -0.1) is 5.73 Å². The van der Waals surface area contributed by atoms with E-state index in [1.54, 1.807) is 32.0 Å². The maximum absolute atomic E-state index is 16.1. The quantitative estimate of drug-likeness (QED) is 0.174. The van der Waals surface area contributed by atoms with E-state index in [0.29, 0.717) is 4.57 Å². The molecule has 3 rings (SSSR count). The van der Waals surface area contributed by atoms with Crippen LogP contribution in [0.2, 0.25) is 0 Å². The number of nitrogens with one attached hydrogen (secondary N) is 2. The highest BCUT2D eigenvalue weighted by atomic mass is 31.2. The lowest BCUT2D eigenvalue weighted by atomic mass is 9.93. The number of esters is 1. The number of hydrogen-bond donors (Lipinski definition) is 4. The van der Waals surface area contributed by atoms with Gasteiger partial charge in [-0.2, -0.15) is 5.09 Å². The number of aliphatic hydroxyl groups is 2. The zero-order chi connectivity index (χ0) is 29.0. The van der Waals surface area contributed by atoms with Crippen LogP contribution >= 0.6 is 7.75 Å². The van der Waals surface area contributed by atoms with Crippen molar-refractivity contribution in [1.29, 1.82) is 0 Å². The van der Waals surface area contributed by atoms with Crippen molar-refractivity contribution in [1.82, 2.24) is 14.6 Å². The Morgan fingerprint density at radius 3 is 2.59 bits per heavy atom. The molecule has 1 aromatic heterocycles. The lowest BCUT2D eigenvalue weighted by molar-refractivity contribution is -0.204. The van der Waals surface area contributed by atoms with Gasteiger partial charge in [0.1, 0.15) is 18.4 Å². The predicted molar refractivity (Wildman–Crippen MR) is 134 cm³/mol. The average Bonchev–Trinajstić information content (AvgIpc) is 3.05. The Bertz CT molecular complexity index is 1390. The minimum absolute atomic E-state index is 0.0299. The average molecular weight is 569 g/mol. The van der Waals surface area contributed by atoms with Gasteiger partial charge >= 0.3 is 19.4 Å². The molecule has 15 heteroatoms. The van der Waals surface area contributed by atoms with E-state index in [4.69, 9.17) is 18.5 Å². The van der Waals surface area contributed by atoms with Gasteiger partial charge in [-0.3, -0.25) is 23.7 Å². The van der Waals surface area contributed by atoms with Crippen molar-refractivity contribution in [3.63, 3.8) is 0 Å². The molecule has 0 spiro atoms. The van der Waals surface area contributed by atoms with Crippen LogP contribution in [0.15, 0.2) is 70.6 Å². The number of rotatable bonds is 11. The van der Waals surface area contributed by atoms with Gasteiger partial charge in [-0.1, -0.05) is 24.8 Å². The van der Waals surface area contributed by atoms with Gasteiger partial charge in [0, 0.05) is 12.3 Å². The van der Waals surface area contributed by atoms with E-state index >= 15 is 4.39 Å². The molecule has 39 heavy (non-hydrogen) atoms. The number of aromatic nitrogens is 2. The molecule has 2 aromatic rings. The van der Waals surface area contributed by atoms with Gasteiger partial charge in [0.2, 0.25) is 0 Å². The Balaban J connectivity index is 1.93. The van der Waals surface area contributed by atoms with Crippen LogP contribution in [0.25, 0.3) is 0 Å². The first-order valence-corrected chi connectivity index (χ1v) is 13.2. The second-order valence-electron chi connectivity index (χ2n) is 8.92. The van der Waals surface area contributed by atoms with E-state index < -0.39 is 67.5 Å². The summed E-state index contributed by atoms with van der Waals surface area (Å²) >= 11 is 0. The van der Waals surface area contributed by atoms with Gasteiger partial charge in [-0.05, 0) is 39.0 Å². The van der Waals surface area contributed by atoms with Crippen molar-refractivity contribution in [2.45, 2.75) is 56.7 Å². The summed E-state index contributed by atoms with van der Waals surface area (Å²) in [5.74, 6) is -4.08. The second-order valence-corrected chi connectivity index (χ2v) is 10.6. The molecular weight excluding hydrogens is 540 g/mol. The lowest BCUT2D eigenvalue weighted by Gasteiger charge is -2.29. The first kappa shape index (κ1) is 30.2. The molecule has 0 amide bonds. The summed E-state index contributed by atoms with van der Waals surface area (Å²) in [5.41, 5.74) is -2.30. The smallest absolute Gasteiger partial charge is 0.459 e. The fraction of sp³-hybridized carbons (Fsp3) is 0.417. The summed E-state index contributed by atoms with van der Waals surface area (Å²) in [6.45, 7) is 6.50. The first-order valence-electron chi connectivity index (χ1n) is 11.7. The number of H-pyrrole nitrogens is 1. The topological polar surface area (TPSA) is 178 Å². The zero-order valence-corrected chi connectivity index (χ0v) is 22.2. The molecule has 1 unspecified atom stereocenters. The number of hydrogen-bond acceptors (Lipinski definition) is 10. The molecule has 4 N–H and O–H groups in total. The summed E-state index contributed by atoms with van der Waals surface area (Å²) in [5, 5.41) is 24.3. The molecule has 1 aromatic carbocycles. The van der Waals surface area contributed by atoms with Gasteiger partial charge in [0.05, 0.1) is 6.10 Å². The maximum Gasteiger partial charge on any atom is 0.459 e. The molecule has 1 fully saturated rings. The summed E-state index contributed by atoms with van der Waals surface area (Å²) in [4.78, 5) is 38.0. The number of ether oxygens (including phenoxy) is 2. The van der Waals surface area contributed by atoms with Crippen molar-refractivity contribution < 1.29 is 42.5 Å². The van der Waals surface area contributed by atoms with Crippen molar-refractivity contribution in [3.05, 3.63) is 81.8 Å². The van der Waals surface area contributed by atoms with Crippen molar-refractivity contribution in [2.75, 3.05) is 6.61 Å². The molecule has 0 radical (unpaired) electrons. The molecule has 0 saturated carbocycles. The van der Waals surface area contributed by atoms with Crippen LogP contribution in [0.1, 0.15) is 27.0 Å². The highest BCUT2D eigenvalue weighted by Crippen LogP contribution is 2.50. The Morgan fingerprint density at radius 2 is 2.00 bits per heavy atom. The molecule has 13 nitrogen and oxygen atoms in total. The first-order chi connectivity index (χ1) is 18.2. The Morgan fingerprint density at radius 1 is 1.33 bits per heavy atom. The van der Waals surface area contributed by atoms with Crippen LogP contribution in [-0.2, 0) is 23.4 Å². The van der Waals surface area contributed by atoms with Gasteiger partial charge < -0.3 is 24.2 Å². The van der Waals surface area contributed by atoms with Gasteiger partial charge in [-0.25, -0.2) is 13.8 Å². The normalized spacial score (nSPS) is 26.8. The maximum atomic E-state index is 16.1. The lowest BCUT2D eigenvalue weighted by Crippen LogP contribution is -2.51. The van der Waals surface area contributed by atoms with Crippen LogP contribution in [-0.4, -0.2) is 62.0 Å². The number of carbonyl (C=O) groups is 1. The molecule has 6 atom stereocenters. The molecule has 212 valence electrons. The molecule has 1 aliphatic heterocycles.